The molecule has 0 fully saturated rings. The number of furan rings is 1. The minimum atomic E-state index is -0.812. The van der Waals surface area contributed by atoms with Gasteiger partial charge in [0, 0.05) is 17.0 Å². The number of esters is 1. The van der Waals surface area contributed by atoms with Crippen LogP contribution in [-0.2, 0) is 9.53 Å². The molecule has 1 amide bonds. The second kappa shape index (κ2) is 8.24. The number of carbonyl (C=O) groups excluding carboxylic acids is 2. The molecule has 0 aliphatic heterocycles. The Hall–Kier alpha value is -3.88. The van der Waals surface area contributed by atoms with Gasteiger partial charge in [-0.05, 0) is 50.1 Å². The van der Waals surface area contributed by atoms with Crippen molar-refractivity contribution in [3.05, 3.63) is 62.9 Å². The van der Waals surface area contributed by atoms with Crippen molar-refractivity contribution in [1.82, 2.24) is 0 Å². The first-order chi connectivity index (χ1) is 14.2. The maximum absolute atomic E-state index is 12.4. The summed E-state index contributed by atoms with van der Waals surface area (Å²) in [6, 6.07) is 8.02. The van der Waals surface area contributed by atoms with Crippen LogP contribution in [0.25, 0.3) is 11.0 Å². The van der Waals surface area contributed by atoms with Gasteiger partial charge >= 0.3 is 5.97 Å². The highest BCUT2D eigenvalue weighted by molar-refractivity contribution is 5.99. The molecular formula is C21H20N2O7. The van der Waals surface area contributed by atoms with Crippen LogP contribution < -0.4 is 10.1 Å². The zero-order valence-electron chi connectivity index (χ0n) is 16.9. The lowest BCUT2D eigenvalue weighted by atomic mass is 10.1. The van der Waals surface area contributed by atoms with Crippen LogP contribution in [0.3, 0.4) is 0 Å². The van der Waals surface area contributed by atoms with Gasteiger partial charge in [-0.2, -0.15) is 0 Å². The van der Waals surface area contributed by atoms with E-state index >= 15 is 0 Å². The van der Waals surface area contributed by atoms with E-state index in [0.29, 0.717) is 27.8 Å². The zero-order chi connectivity index (χ0) is 22.0. The van der Waals surface area contributed by atoms with Crippen LogP contribution in [-0.4, -0.2) is 30.5 Å². The summed E-state index contributed by atoms with van der Waals surface area (Å²) in [5, 5.41) is 14.4. The van der Waals surface area contributed by atoms with Gasteiger partial charge in [-0.15, -0.1) is 0 Å². The summed E-state index contributed by atoms with van der Waals surface area (Å²) in [6.45, 7) is 4.51. The molecule has 0 radical (unpaired) electrons. The predicted molar refractivity (Wildman–Crippen MR) is 109 cm³/mol. The average Bonchev–Trinajstić information content (AvgIpc) is 3.05. The highest BCUT2D eigenvalue weighted by atomic mass is 16.6. The summed E-state index contributed by atoms with van der Waals surface area (Å²) in [5.74, 6) is -0.923. The third-order valence-electron chi connectivity index (χ3n) is 4.84. The van der Waals surface area contributed by atoms with E-state index in [9.17, 15) is 19.7 Å². The van der Waals surface area contributed by atoms with Crippen molar-refractivity contribution in [2.75, 3.05) is 19.0 Å². The monoisotopic (exact) mass is 412 g/mol. The van der Waals surface area contributed by atoms with E-state index in [-0.39, 0.29) is 17.1 Å². The summed E-state index contributed by atoms with van der Waals surface area (Å²) < 4.78 is 15.8. The molecule has 3 rings (SSSR count). The van der Waals surface area contributed by atoms with Gasteiger partial charge < -0.3 is 19.2 Å². The van der Waals surface area contributed by atoms with Crippen LogP contribution in [0, 0.1) is 30.9 Å². The van der Waals surface area contributed by atoms with Crippen molar-refractivity contribution < 1.29 is 28.4 Å². The largest absolute Gasteiger partial charge is 0.497 e. The molecule has 0 spiro atoms. The number of nitro benzene ring substituents is 1. The molecule has 0 saturated carbocycles. The molecule has 30 heavy (non-hydrogen) atoms. The maximum atomic E-state index is 12.4. The Kier molecular flexibility index (Phi) is 5.72. The maximum Gasteiger partial charge on any atom is 0.375 e. The first-order valence-corrected chi connectivity index (χ1v) is 9.01. The van der Waals surface area contributed by atoms with E-state index in [2.05, 4.69) is 5.32 Å². The van der Waals surface area contributed by atoms with E-state index < -0.39 is 23.4 Å². The molecule has 156 valence electrons. The number of rotatable bonds is 6. The molecule has 0 atom stereocenters. The minimum Gasteiger partial charge on any atom is -0.497 e. The van der Waals surface area contributed by atoms with E-state index in [1.807, 2.05) is 0 Å². The molecule has 2 aromatic carbocycles. The summed E-state index contributed by atoms with van der Waals surface area (Å²) in [5.41, 5.74) is 2.22. The fourth-order valence-corrected chi connectivity index (χ4v) is 3.01. The van der Waals surface area contributed by atoms with Crippen molar-refractivity contribution in [3.8, 4) is 5.75 Å². The highest BCUT2D eigenvalue weighted by Gasteiger charge is 2.23. The van der Waals surface area contributed by atoms with Crippen molar-refractivity contribution in [3.63, 3.8) is 0 Å². The van der Waals surface area contributed by atoms with E-state index in [0.717, 1.165) is 5.56 Å². The number of amides is 1. The Morgan fingerprint density at radius 1 is 1.13 bits per heavy atom. The Balaban J connectivity index is 1.74. The molecule has 0 aliphatic carbocycles. The number of methoxy groups -OCH3 is 1. The molecule has 0 aliphatic rings. The molecule has 1 aromatic heterocycles. The number of fused-ring (bicyclic) bond motifs is 1. The van der Waals surface area contributed by atoms with E-state index in [4.69, 9.17) is 13.9 Å². The summed E-state index contributed by atoms with van der Waals surface area (Å²) in [4.78, 5) is 35.3. The minimum absolute atomic E-state index is 0.0243. The lowest BCUT2D eigenvalue weighted by Gasteiger charge is -2.11. The van der Waals surface area contributed by atoms with Gasteiger partial charge in [-0.25, -0.2) is 4.79 Å². The quantitative estimate of drug-likeness (QED) is 0.368. The van der Waals surface area contributed by atoms with Crippen molar-refractivity contribution >= 4 is 34.2 Å². The fraction of sp³-hybridized carbons (Fsp3) is 0.238. The predicted octanol–water partition coefficient (Wildman–Crippen LogP) is 4.07. The molecule has 9 heteroatoms. The Labute approximate surface area is 171 Å². The average molecular weight is 412 g/mol. The first-order valence-electron chi connectivity index (χ1n) is 9.01. The van der Waals surface area contributed by atoms with Crippen LogP contribution in [0.4, 0.5) is 11.4 Å². The number of hydrogen-bond donors (Lipinski definition) is 1. The fourth-order valence-electron chi connectivity index (χ4n) is 3.01. The SMILES string of the molecule is COc1ccc2oc(C(=O)OCC(=O)Nc3c([N+](=O)[O-])ccc(C)c3C)c(C)c2c1. The van der Waals surface area contributed by atoms with Crippen molar-refractivity contribution in [2.24, 2.45) is 0 Å². The molecule has 3 aromatic rings. The van der Waals surface area contributed by atoms with Gasteiger partial charge in [0.15, 0.2) is 6.61 Å². The van der Waals surface area contributed by atoms with Gasteiger partial charge in [0.25, 0.3) is 11.6 Å². The molecule has 0 unspecified atom stereocenters. The summed E-state index contributed by atoms with van der Waals surface area (Å²) >= 11 is 0. The molecular weight excluding hydrogens is 392 g/mol. The number of nitro groups is 1. The van der Waals surface area contributed by atoms with E-state index in [1.54, 1.807) is 45.0 Å². The lowest BCUT2D eigenvalue weighted by Crippen LogP contribution is -2.22. The second-order valence-corrected chi connectivity index (χ2v) is 6.70. The van der Waals surface area contributed by atoms with Crippen LogP contribution in [0.5, 0.6) is 5.75 Å². The van der Waals surface area contributed by atoms with Crippen LogP contribution >= 0.6 is 0 Å². The van der Waals surface area contributed by atoms with Crippen molar-refractivity contribution in [2.45, 2.75) is 20.8 Å². The highest BCUT2D eigenvalue weighted by Crippen LogP contribution is 2.31. The number of ether oxygens (including phenoxy) is 2. The molecule has 0 saturated heterocycles. The standard InChI is InChI=1S/C21H20N2O7/c1-11-5-7-16(23(26)27)19(12(11)2)22-18(24)10-29-21(25)20-13(3)15-9-14(28-4)6-8-17(15)30-20/h5-9H,10H2,1-4H3,(H,22,24). The van der Waals surface area contributed by atoms with Crippen molar-refractivity contribution in [1.29, 1.82) is 0 Å². The number of aryl methyl sites for hydroxylation is 2. The summed E-state index contributed by atoms with van der Waals surface area (Å²) in [6.07, 6.45) is 0. The lowest BCUT2D eigenvalue weighted by molar-refractivity contribution is -0.384. The third-order valence-corrected chi connectivity index (χ3v) is 4.84. The van der Waals surface area contributed by atoms with Gasteiger partial charge in [-0.1, -0.05) is 6.07 Å². The smallest absolute Gasteiger partial charge is 0.375 e. The van der Waals surface area contributed by atoms with Gasteiger partial charge in [0.05, 0.1) is 12.0 Å². The van der Waals surface area contributed by atoms with Crippen LogP contribution in [0.2, 0.25) is 0 Å². The topological polar surface area (TPSA) is 121 Å². The third kappa shape index (κ3) is 3.95. The molecule has 9 nitrogen and oxygen atoms in total. The Morgan fingerprint density at radius 3 is 2.53 bits per heavy atom. The molecule has 0 bridgehead atoms. The van der Waals surface area contributed by atoms with Gasteiger partial charge in [0.2, 0.25) is 5.76 Å². The number of nitrogens with one attached hydrogen (secondary N) is 1. The van der Waals surface area contributed by atoms with Gasteiger partial charge in [-0.3, -0.25) is 14.9 Å². The zero-order valence-corrected chi connectivity index (χ0v) is 16.9. The summed E-state index contributed by atoms with van der Waals surface area (Å²) in [7, 11) is 1.53. The van der Waals surface area contributed by atoms with E-state index in [1.165, 1.54) is 13.2 Å². The first kappa shape index (κ1) is 20.8. The number of anilines is 1. The number of hydrogen-bond acceptors (Lipinski definition) is 7. The second-order valence-electron chi connectivity index (χ2n) is 6.70. The van der Waals surface area contributed by atoms with Crippen LogP contribution in [0.15, 0.2) is 34.7 Å². The Bertz CT molecular complexity index is 1160. The number of benzene rings is 2. The normalized spacial score (nSPS) is 10.7. The van der Waals surface area contributed by atoms with Gasteiger partial charge in [0.1, 0.15) is 17.0 Å². The Morgan fingerprint density at radius 2 is 1.87 bits per heavy atom. The van der Waals surface area contributed by atoms with Crippen LogP contribution in [0.1, 0.15) is 27.2 Å². The molecule has 1 N–H and O–H groups in total. The number of nitrogens with zero attached hydrogens (tertiary/aromatic N) is 1. The molecule has 1 heterocycles. The number of carbonyl (C=O) groups is 2.